The van der Waals surface area contributed by atoms with E-state index < -0.39 is 0 Å². The largest absolute Gasteiger partial charge is 0.309 e. The molecule has 0 aliphatic heterocycles. The third-order valence-corrected chi connectivity index (χ3v) is 13.5. The van der Waals surface area contributed by atoms with Crippen molar-refractivity contribution in [2.45, 2.75) is 0 Å². The lowest BCUT2D eigenvalue weighted by atomic mass is 9.93. The van der Waals surface area contributed by atoms with Crippen LogP contribution < -0.4 is 0 Å². The lowest BCUT2D eigenvalue weighted by molar-refractivity contribution is 1.07. The van der Waals surface area contributed by atoms with Gasteiger partial charge in [0.2, 0.25) is 0 Å². The fraction of sp³-hybridized carbons (Fsp3) is 0. The van der Waals surface area contributed by atoms with Crippen LogP contribution in [0.2, 0.25) is 0 Å². The van der Waals surface area contributed by atoms with Gasteiger partial charge in [0.05, 0.1) is 11.0 Å². The number of hydrogen-bond donors (Lipinski definition) is 0. The number of benzene rings is 10. The Morgan fingerprint density at radius 1 is 0.323 bits per heavy atom. The van der Waals surface area contributed by atoms with E-state index in [9.17, 15) is 0 Å². The molecule has 0 aliphatic rings. The molecule has 13 rings (SSSR count). The van der Waals surface area contributed by atoms with E-state index in [0.717, 1.165) is 44.4 Å². The zero-order valence-electron chi connectivity index (χ0n) is 33.3. The second-order valence-corrected chi connectivity index (χ2v) is 17.1. The number of para-hydroxylation sites is 1. The van der Waals surface area contributed by atoms with Crippen LogP contribution in [0.4, 0.5) is 0 Å². The van der Waals surface area contributed by atoms with Gasteiger partial charge in [-0.25, -0.2) is 15.0 Å². The predicted octanol–water partition coefficient (Wildman–Crippen LogP) is 15.5. The van der Waals surface area contributed by atoms with Crippen LogP contribution in [0.25, 0.3) is 125 Å². The number of nitrogens with zero attached hydrogens (tertiary/aromatic N) is 4. The lowest BCUT2D eigenvalue weighted by Gasteiger charge is -2.16. The summed E-state index contributed by atoms with van der Waals surface area (Å²) in [5.41, 5.74) is 8.41. The van der Waals surface area contributed by atoms with E-state index in [4.69, 9.17) is 15.0 Å². The molecule has 10 aromatic carbocycles. The zero-order chi connectivity index (χ0) is 40.7. The second-order valence-electron chi connectivity index (χ2n) is 16.0. The molecule has 0 radical (unpaired) electrons. The van der Waals surface area contributed by atoms with Crippen molar-refractivity contribution in [1.29, 1.82) is 0 Å². The summed E-state index contributed by atoms with van der Waals surface area (Å²) in [5.74, 6) is 1.89. The van der Waals surface area contributed by atoms with Gasteiger partial charge < -0.3 is 4.57 Å². The minimum atomic E-state index is 0.623. The van der Waals surface area contributed by atoms with Crippen LogP contribution in [0.15, 0.2) is 206 Å². The molecule has 62 heavy (non-hydrogen) atoms. The highest BCUT2D eigenvalue weighted by molar-refractivity contribution is 7.26. The molecule has 0 unspecified atom stereocenters. The molecule has 0 aliphatic carbocycles. The van der Waals surface area contributed by atoms with Crippen molar-refractivity contribution < 1.29 is 0 Å². The van der Waals surface area contributed by atoms with E-state index in [-0.39, 0.29) is 0 Å². The van der Waals surface area contributed by atoms with Gasteiger partial charge >= 0.3 is 0 Å². The molecule has 0 amide bonds. The van der Waals surface area contributed by atoms with Gasteiger partial charge in [0.1, 0.15) is 0 Å². The molecule has 13 aromatic rings. The smallest absolute Gasteiger partial charge is 0.164 e. The fourth-order valence-corrected chi connectivity index (χ4v) is 10.7. The first kappa shape index (κ1) is 34.8. The van der Waals surface area contributed by atoms with E-state index >= 15 is 0 Å². The molecule has 0 N–H and O–H groups in total. The van der Waals surface area contributed by atoms with Crippen LogP contribution in [0.5, 0.6) is 0 Å². The minimum Gasteiger partial charge on any atom is -0.309 e. The molecule has 3 aromatic heterocycles. The van der Waals surface area contributed by atoms with Crippen molar-refractivity contribution in [1.82, 2.24) is 19.5 Å². The standard InChI is InChI=1S/C57H34N4S/c1-2-15-37(16-3-1)55-58-56(41-26-25-35-13-4-5-17-38(35)31-41)60-57(59-55)46-29-28-42(61-49-23-11-10-21-44(49)48-32-39-18-6-7-19-40(39)33-50(48)61)34-47(46)45-22-12-24-51-54(45)53-43-20-9-8-14-36(43)27-30-52(53)62-51/h1-34H. The van der Waals surface area contributed by atoms with Gasteiger partial charge in [-0.15, -0.1) is 11.3 Å². The van der Waals surface area contributed by atoms with Gasteiger partial charge in [-0.2, -0.15) is 0 Å². The maximum atomic E-state index is 5.37. The van der Waals surface area contributed by atoms with Crippen LogP contribution in [0.3, 0.4) is 0 Å². The van der Waals surface area contributed by atoms with Gasteiger partial charge in [0.15, 0.2) is 17.5 Å². The topological polar surface area (TPSA) is 43.6 Å². The van der Waals surface area contributed by atoms with Gasteiger partial charge in [0, 0.05) is 53.3 Å². The Morgan fingerprint density at radius 2 is 0.968 bits per heavy atom. The summed E-state index contributed by atoms with van der Waals surface area (Å²) in [7, 11) is 0. The third kappa shape index (κ3) is 5.49. The molecule has 288 valence electrons. The Hall–Kier alpha value is -7.99. The molecule has 5 heteroatoms. The van der Waals surface area contributed by atoms with Crippen LogP contribution in [-0.2, 0) is 0 Å². The summed E-state index contributed by atoms with van der Waals surface area (Å²) in [6.45, 7) is 0. The van der Waals surface area contributed by atoms with Crippen LogP contribution in [-0.4, -0.2) is 19.5 Å². The van der Waals surface area contributed by atoms with Crippen molar-refractivity contribution in [3.63, 3.8) is 0 Å². The first-order chi connectivity index (χ1) is 30.7. The molecule has 0 bridgehead atoms. The molecular formula is C57H34N4S. The highest BCUT2D eigenvalue weighted by atomic mass is 32.1. The average Bonchev–Trinajstić information content (AvgIpc) is 3.89. The maximum absolute atomic E-state index is 5.37. The first-order valence-electron chi connectivity index (χ1n) is 20.9. The molecule has 0 saturated heterocycles. The van der Waals surface area contributed by atoms with Crippen molar-refractivity contribution in [2.75, 3.05) is 0 Å². The van der Waals surface area contributed by atoms with Crippen molar-refractivity contribution in [2.24, 2.45) is 0 Å². The summed E-state index contributed by atoms with van der Waals surface area (Å²) in [6, 6.07) is 74.0. The van der Waals surface area contributed by atoms with E-state index in [0.29, 0.717) is 17.5 Å². The lowest BCUT2D eigenvalue weighted by Crippen LogP contribution is -2.02. The molecule has 4 nitrogen and oxygen atoms in total. The van der Waals surface area contributed by atoms with Crippen LogP contribution >= 0.6 is 11.3 Å². The highest BCUT2D eigenvalue weighted by Crippen LogP contribution is 2.46. The maximum Gasteiger partial charge on any atom is 0.164 e. The monoisotopic (exact) mass is 806 g/mol. The van der Waals surface area contributed by atoms with Crippen molar-refractivity contribution in [3.8, 4) is 51.0 Å². The van der Waals surface area contributed by atoms with Crippen molar-refractivity contribution in [3.05, 3.63) is 206 Å². The molecule has 3 heterocycles. The van der Waals surface area contributed by atoms with Gasteiger partial charge in [-0.1, -0.05) is 152 Å². The van der Waals surface area contributed by atoms with Crippen molar-refractivity contribution >= 4 is 85.6 Å². The van der Waals surface area contributed by atoms with E-state index in [2.05, 4.69) is 193 Å². The van der Waals surface area contributed by atoms with Gasteiger partial charge in [-0.05, 0) is 98.0 Å². The summed E-state index contributed by atoms with van der Waals surface area (Å²) in [4.78, 5) is 15.9. The highest BCUT2D eigenvalue weighted by Gasteiger charge is 2.22. The summed E-state index contributed by atoms with van der Waals surface area (Å²) < 4.78 is 4.93. The Morgan fingerprint density at radius 3 is 1.81 bits per heavy atom. The quantitative estimate of drug-likeness (QED) is 0.174. The SMILES string of the molecule is c1ccc(-c2nc(-c3ccc4ccccc4c3)nc(-c3ccc(-n4c5ccccc5c5cc6ccccc6cc54)cc3-c3cccc4sc5ccc6ccccc6c5c34)n2)cc1. The van der Waals surface area contributed by atoms with E-state index in [1.165, 1.54) is 63.4 Å². The Bertz CT molecular complexity index is 3940. The molecule has 0 atom stereocenters. The Labute approximate surface area is 360 Å². The number of fused-ring (bicyclic) bond motifs is 10. The number of aromatic nitrogens is 4. The van der Waals surface area contributed by atoms with Gasteiger partial charge in [-0.3, -0.25) is 0 Å². The minimum absolute atomic E-state index is 0.623. The predicted molar refractivity (Wildman–Crippen MR) is 261 cm³/mol. The van der Waals surface area contributed by atoms with Gasteiger partial charge in [0.25, 0.3) is 0 Å². The molecule has 0 spiro atoms. The Balaban J connectivity index is 1.13. The Kier molecular flexibility index (Phi) is 7.74. The summed E-state index contributed by atoms with van der Waals surface area (Å²) in [6.07, 6.45) is 0. The average molecular weight is 807 g/mol. The third-order valence-electron chi connectivity index (χ3n) is 12.4. The first-order valence-corrected chi connectivity index (χ1v) is 21.7. The summed E-state index contributed by atoms with van der Waals surface area (Å²) in [5, 5.41) is 12.2. The number of hydrogen-bond acceptors (Lipinski definition) is 4. The molecular weight excluding hydrogens is 773 g/mol. The molecule has 0 fully saturated rings. The number of thiophene rings is 1. The van der Waals surface area contributed by atoms with E-state index in [1.54, 1.807) is 0 Å². The normalized spacial score (nSPS) is 11.9. The van der Waals surface area contributed by atoms with Crippen LogP contribution in [0, 0.1) is 0 Å². The molecule has 0 saturated carbocycles. The fourth-order valence-electron chi connectivity index (χ4n) is 9.50. The van der Waals surface area contributed by atoms with E-state index in [1.807, 2.05) is 29.5 Å². The van der Waals surface area contributed by atoms with Crippen LogP contribution in [0.1, 0.15) is 0 Å². The summed E-state index contributed by atoms with van der Waals surface area (Å²) >= 11 is 1.85. The number of rotatable bonds is 5. The zero-order valence-corrected chi connectivity index (χ0v) is 34.1. The second kappa shape index (κ2) is 13.8.